The second-order valence-corrected chi connectivity index (χ2v) is 5.52. The minimum atomic E-state index is -0.777. The van der Waals surface area contributed by atoms with Gasteiger partial charge in [-0.15, -0.1) is 0 Å². The van der Waals surface area contributed by atoms with Crippen LogP contribution in [0.25, 0.3) is 0 Å². The summed E-state index contributed by atoms with van der Waals surface area (Å²) in [4.78, 5) is 15.8. The van der Waals surface area contributed by atoms with Crippen molar-refractivity contribution in [2.24, 2.45) is 0 Å². The molecule has 1 aromatic carbocycles. The molecule has 1 aliphatic heterocycles. The van der Waals surface area contributed by atoms with Crippen LogP contribution in [0.15, 0.2) is 30.5 Å². The van der Waals surface area contributed by atoms with E-state index in [-0.39, 0.29) is 0 Å². The molecule has 1 aliphatic rings. The zero-order chi connectivity index (χ0) is 14.1. The first-order valence-electron chi connectivity index (χ1n) is 6.67. The maximum atomic E-state index is 11.4. The second kappa shape index (κ2) is 5.29. The third-order valence-electron chi connectivity index (χ3n) is 3.73. The lowest BCUT2D eigenvalue weighted by Crippen LogP contribution is -2.26. The number of carbonyl (C=O) groups is 1. The lowest BCUT2D eigenvalue weighted by molar-refractivity contribution is -0.141. The first-order chi connectivity index (χ1) is 9.65. The normalized spacial score (nSPS) is 17.8. The van der Waals surface area contributed by atoms with Crippen molar-refractivity contribution >= 4 is 17.6 Å². The van der Waals surface area contributed by atoms with Crippen molar-refractivity contribution in [3.05, 3.63) is 52.6 Å². The highest BCUT2D eigenvalue weighted by atomic mass is 35.5. The van der Waals surface area contributed by atoms with Gasteiger partial charge in [0.1, 0.15) is 11.9 Å². The molecular formula is C15H15ClN2O2. The molecule has 1 aromatic heterocycles. The SMILES string of the molecule is O=C(O)C1CCCc2cnc(Cc3ccc(Cl)cc3)n21. The van der Waals surface area contributed by atoms with Crippen LogP contribution in [-0.2, 0) is 17.6 Å². The van der Waals surface area contributed by atoms with Crippen molar-refractivity contribution in [3.8, 4) is 0 Å². The van der Waals surface area contributed by atoms with Crippen molar-refractivity contribution in [1.29, 1.82) is 0 Å². The van der Waals surface area contributed by atoms with Crippen LogP contribution < -0.4 is 0 Å². The summed E-state index contributed by atoms with van der Waals surface area (Å²) in [6.45, 7) is 0. The number of aryl methyl sites for hydroxylation is 1. The Morgan fingerprint density at radius 3 is 2.85 bits per heavy atom. The van der Waals surface area contributed by atoms with Crippen LogP contribution in [0.2, 0.25) is 5.02 Å². The maximum absolute atomic E-state index is 11.4. The molecule has 1 atom stereocenters. The summed E-state index contributed by atoms with van der Waals surface area (Å²) in [6.07, 6.45) is 4.91. The number of rotatable bonds is 3. The lowest BCUT2D eigenvalue weighted by Gasteiger charge is -2.24. The fourth-order valence-electron chi connectivity index (χ4n) is 2.76. The smallest absolute Gasteiger partial charge is 0.326 e. The molecule has 0 bridgehead atoms. The average Bonchev–Trinajstić information content (AvgIpc) is 2.84. The summed E-state index contributed by atoms with van der Waals surface area (Å²) in [6, 6.07) is 7.09. The third kappa shape index (κ3) is 2.43. The molecule has 5 heteroatoms. The molecule has 2 heterocycles. The maximum Gasteiger partial charge on any atom is 0.326 e. The topological polar surface area (TPSA) is 55.1 Å². The lowest BCUT2D eigenvalue weighted by atomic mass is 10.0. The Bertz CT molecular complexity index is 634. The van der Waals surface area contributed by atoms with Gasteiger partial charge in [-0.2, -0.15) is 0 Å². The van der Waals surface area contributed by atoms with E-state index in [1.54, 1.807) is 6.20 Å². The zero-order valence-corrected chi connectivity index (χ0v) is 11.7. The summed E-state index contributed by atoms with van der Waals surface area (Å²) in [5.41, 5.74) is 2.10. The number of carboxylic acid groups (broad SMARTS) is 1. The number of hydrogen-bond donors (Lipinski definition) is 1. The van der Waals surface area contributed by atoms with Gasteiger partial charge in [0.05, 0.1) is 0 Å². The number of halogens is 1. The molecule has 0 aliphatic carbocycles. The molecule has 0 amide bonds. The molecule has 1 unspecified atom stereocenters. The summed E-state index contributed by atoms with van der Waals surface area (Å²) >= 11 is 5.88. The zero-order valence-electron chi connectivity index (χ0n) is 10.9. The van der Waals surface area contributed by atoms with Gasteiger partial charge >= 0.3 is 5.97 Å². The standard InChI is InChI=1S/C15H15ClN2O2/c16-11-6-4-10(5-7-11)8-14-17-9-12-2-1-3-13(15(19)20)18(12)14/h4-7,9,13H,1-3,8H2,(H,19,20). The summed E-state index contributed by atoms with van der Waals surface area (Å²) < 4.78 is 1.89. The van der Waals surface area contributed by atoms with Crippen LogP contribution >= 0.6 is 11.6 Å². The van der Waals surface area contributed by atoms with Crippen LogP contribution in [0.4, 0.5) is 0 Å². The van der Waals surface area contributed by atoms with Crippen molar-refractivity contribution in [1.82, 2.24) is 9.55 Å². The van der Waals surface area contributed by atoms with Crippen LogP contribution in [-0.4, -0.2) is 20.6 Å². The van der Waals surface area contributed by atoms with Gasteiger partial charge in [0.15, 0.2) is 0 Å². The van der Waals surface area contributed by atoms with Crippen LogP contribution in [0.1, 0.15) is 36.0 Å². The minimum Gasteiger partial charge on any atom is -0.480 e. The molecule has 0 radical (unpaired) electrons. The molecular weight excluding hydrogens is 276 g/mol. The van der Waals surface area contributed by atoms with E-state index in [0.717, 1.165) is 29.9 Å². The molecule has 3 rings (SSSR count). The largest absolute Gasteiger partial charge is 0.480 e. The van der Waals surface area contributed by atoms with Crippen LogP contribution in [0.5, 0.6) is 0 Å². The van der Waals surface area contributed by atoms with E-state index in [2.05, 4.69) is 4.98 Å². The number of imidazole rings is 1. The molecule has 2 aromatic rings. The Morgan fingerprint density at radius 2 is 2.15 bits per heavy atom. The van der Waals surface area contributed by atoms with Gasteiger partial charge in [-0.25, -0.2) is 9.78 Å². The molecule has 104 valence electrons. The van der Waals surface area contributed by atoms with Gasteiger partial charge in [0.25, 0.3) is 0 Å². The Hall–Kier alpha value is -1.81. The number of fused-ring (bicyclic) bond motifs is 1. The molecule has 0 spiro atoms. The quantitative estimate of drug-likeness (QED) is 0.945. The first-order valence-corrected chi connectivity index (χ1v) is 7.05. The molecule has 0 saturated heterocycles. The van der Waals surface area contributed by atoms with Gasteiger partial charge < -0.3 is 9.67 Å². The summed E-state index contributed by atoms with van der Waals surface area (Å²) in [7, 11) is 0. The Balaban J connectivity index is 1.93. The van der Waals surface area contributed by atoms with E-state index in [1.165, 1.54) is 0 Å². The molecule has 0 fully saturated rings. The average molecular weight is 291 g/mol. The summed E-state index contributed by atoms with van der Waals surface area (Å²) in [5.74, 6) is 0.0377. The Morgan fingerprint density at radius 1 is 1.40 bits per heavy atom. The van der Waals surface area contributed by atoms with Gasteiger partial charge in [-0.05, 0) is 37.0 Å². The molecule has 20 heavy (non-hydrogen) atoms. The molecule has 4 nitrogen and oxygen atoms in total. The van der Waals surface area contributed by atoms with Gasteiger partial charge in [-0.3, -0.25) is 0 Å². The van der Waals surface area contributed by atoms with Crippen LogP contribution in [0.3, 0.4) is 0 Å². The van der Waals surface area contributed by atoms with E-state index >= 15 is 0 Å². The van der Waals surface area contributed by atoms with Gasteiger partial charge in [-0.1, -0.05) is 23.7 Å². The van der Waals surface area contributed by atoms with E-state index < -0.39 is 12.0 Å². The number of hydrogen-bond acceptors (Lipinski definition) is 2. The number of benzene rings is 1. The number of aromatic nitrogens is 2. The highest BCUT2D eigenvalue weighted by Crippen LogP contribution is 2.28. The van der Waals surface area contributed by atoms with E-state index in [1.807, 2.05) is 28.8 Å². The van der Waals surface area contributed by atoms with E-state index in [0.29, 0.717) is 17.9 Å². The fourth-order valence-corrected chi connectivity index (χ4v) is 2.89. The predicted octanol–water partition coefficient (Wildman–Crippen LogP) is 3.09. The monoisotopic (exact) mass is 290 g/mol. The van der Waals surface area contributed by atoms with Crippen molar-refractivity contribution in [2.75, 3.05) is 0 Å². The van der Waals surface area contributed by atoms with Crippen LogP contribution in [0, 0.1) is 0 Å². The number of nitrogens with zero attached hydrogens (tertiary/aromatic N) is 2. The highest BCUT2D eigenvalue weighted by molar-refractivity contribution is 6.30. The molecule has 1 N–H and O–H groups in total. The number of aliphatic carboxylic acids is 1. The van der Waals surface area contributed by atoms with Crippen molar-refractivity contribution in [3.63, 3.8) is 0 Å². The Kier molecular flexibility index (Phi) is 3.49. The fraction of sp³-hybridized carbons (Fsp3) is 0.333. The molecule has 0 saturated carbocycles. The highest BCUT2D eigenvalue weighted by Gasteiger charge is 2.28. The Labute approximate surface area is 122 Å². The van der Waals surface area contributed by atoms with Crippen molar-refractivity contribution < 1.29 is 9.90 Å². The summed E-state index contributed by atoms with van der Waals surface area (Å²) in [5, 5.41) is 10.1. The number of carboxylic acids is 1. The minimum absolute atomic E-state index is 0.483. The van der Waals surface area contributed by atoms with Gasteiger partial charge in [0.2, 0.25) is 0 Å². The second-order valence-electron chi connectivity index (χ2n) is 5.09. The third-order valence-corrected chi connectivity index (χ3v) is 3.98. The first kappa shape index (κ1) is 13.2. The van der Waals surface area contributed by atoms with E-state index in [4.69, 9.17) is 11.6 Å². The predicted molar refractivity (Wildman–Crippen MR) is 76.1 cm³/mol. The van der Waals surface area contributed by atoms with Crippen molar-refractivity contribution in [2.45, 2.75) is 31.7 Å². The van der Waals surface area contributed by atoms with E-state index in [9.17, 15) is 9.90 Å². The van der Waals surface area contributed by atoms with Gasteiger partial charge in [0, 0.05) is 23.3 Å².